The van der Waals surface area contributed by atoms with Crippen LogP contribution in [0, 0.1) is 11.8 Å². The van der Waals surface area contributed by atoms with Gasteiger partial charge in [-0.15, -0.1) is 0 Å². The summed E-state index contributed by atoms with van der Waals surface area (Å²) in [5, 5.41) is 14.3. The summed E-state index contributed by atoms with van der Waals surface area (Å²) in [6.45, 7) is 5.28. The first-order valence-corrected chi connectivity index (χ1v) is 6.71. The summed E-state index contributed by atoms with van der Waals surface area (Å²) in [5.74, 6) is 1.98. The molecule has 2 rings (SSSR count). The van der Waals surface area contributed by atoms with E-state index in [0.29, 0.717) is 11.8 Å². The second kappa shape index (κ2) is 5.63. The van der Waals surface area contributed by atoms with Gasteiger partial charge in [-0.2, -0.15) is 5.10 Å². The molecule has 0 spiro atoms. The molecule has 1 aromatic heterocycles. The van der Waals surface area contributed by atoms with Gasteiger partial charge in [0.1, 0.15) is 12.2 Å². The molecule has 0 saturated heterocycles. The largest absolute Gasteiger partial charge is 0.393 e. The van der Waals surface area contributed by atoms with Gasteiger partial charge in [0.25, 0.3) is 0 Å². The molecule has 2 atom stereocenters. The molecule has 1 fully saturated rings. The van der Waals surface area contributed by atoms with Crippen molar-refractivity contribution >= 4 is 0 Å². The molecule has 1 aromatic rings. The number of rotatable bonds is 4. The van der Waals surface area contributed by atoms with Crippen LogP contribution in [-0.2, 0) is 13.0 Å². The number of nitrogens with zero attached hydrogens (tertiary/aromatic N) is 3. The summed E-state index contributed by atoms with van der Waals surface area (Å²) in [6, 6.07) is 0. The van der Waals surface area contributed by atoms with Gasteiger partial charge in [0.2, 0.25) is 0 Å². The van der Waals surface area contributed by atoms with Gasteiger partial charge in [0.05, 0.1) is 6.10 Å². The van der Waals surface area contributed by atoms with Gasteiger partial charge in [-0.1, -0.05) is 26.7 Å². The van der Waals surface area contributed by atoms with Crippen molar-refractivity contribution in [3.05, 3.63) is 12.2 Å². The third kappa shape index (κ3) is 3.28. The molecule has 1 saturated carbocycles. The molecule has 1 aliphatic carbocycles. The highest BCUT2D eigenvalue weighted by atomic mass is 16.3. The first kappa shape index (κ1) is 12.6. The van der Waals surface area contributed by atoms with E-state index >= 15 is 0 Å². The minimum Gasteiger partial charge on any atom is -0.393 e. The van der Waals surface area contributed by atoms with Gasteiger partial charge < -0.3 is 5.11 Å². The van der Waals surface area contributed by atoms with Crippen molar-refractivity contribution in [3.8, 4) is 0 Å². The molecule has 4 nitrogen and oxygen atoms in total. The fraction of sp³-hybridized carbons (Fsp3) is 0.846. The molecule has 17 heavy (non-hydrogen) atoms. The number of aliphatic hydroxyl groups is 1. The minimum atomic E-state index is -0.145. The summed E-state index contributed by atoms with van der Waals surface area (Å²) in [7, 11) is 0. The standard InChI is InChI=1S/C13H23N3O/c1-10(2)8-16-13(14-9-15-16)7-11-5-3-4-6-12(11)17/h9-12,17H,3-8H2,1-2H3. The van der Waals surface area contributed by atoms with Crippen LogP contribution in [0.3, 0.4) is 0 Å². The number of hydrogen-bond acceptors (Lipinski definition) is 3. The van der Waals surface area contributed by atoms with Crippen molar-refractivity contribution in [1.82, 2.24) is 14.8 Å². The Kier molecular flexibility index (Phi) is 4.15. The van der Waals surface area contributed by atoms with E-state index in [0.717, 1.165) is 38.1 Å². The van der Waals surface area contributed by atoms with Crippen molar-refractivity contribution in [2.75, 3.05) is 0 Å². The lowest BCUT2D eigenvalue weighted by Crippen LogP contribution is -2.27. The fourth-order valence-electron chi connectivity index (χ4n) is 2.61. The maximum atomic E-state index is 9.98. The number of aliphatic hydroxyl groups excluding tert-OH is 1. The lowest BCUT2D eigenvalue weighted by molar-refractivity contribution is 0.0683. The summed E-state index contributed by atoms with van der Waals surface area (Å²) >= 11 is 0. The van der Waals surface area contributed by atoms with E-state index in [1.54, 1.807) is 6.33 Å². The molecular weight excluding hydrogens is 214 g/mol. The normalized spacial score (nSPS) is 25.4. The predicted octanol–water partition coefficient (Wildman–Crippen LogP) is 2.03. The number of hydrogen-bond donors (Lipinski definition) is 1. The minimum absolute atomic E-state index is 0.145. The van der Waals surface area contributed by atoms with Gasteiger partial charge in [0, 0.05) is 13.0 Å². The molecule has 1 N–H and O–H groups in total. The predicted molar refractivity (Wildman–Crippen MR) is 66.5 cm³/mol. The van der Waals surface area contributed by atoms with Crippen molar-refractivity contribution in [2.24, 2.45) is 11.8 Å². The molecule has 2 unspecified atom stereocenters. The Morgan fingerprint density at radius 1 is 1.41 bits per heavy atom. The average molecular weight is 237 g/mol. The van der Waals surface area contributed by atoms with Crippen LogP contribution in [0.2, 0.25) is 0 Å². The van der Waals surface area contributed by atoms with E-state index in [-0.39, 0.29) is 6.10 Å². The lowest BCUT2D eigenvalue weighted by Gasteiger charge is -2.27. The molecule has 4 heteroatoms. The first-order valence-electron chi connectivity index (χ1n) is 6.71. The molecule has 0 aromatic carbocycles. The molecule has 0 amide bonds. The van der Waals surface area contributed by atoms with E-state index in [2.05, 4.69) is 23.9 Å². The van der Waals surface area contributed by atoms with Crippen LogP contribution in [0.4, 0.5) is 0 Å². The Balaban J connectivity index is 1.99. The van der Waals surface area contributed by atoms with Gasteiger partial charge in [-0.25, -0.2) is 9.67 Å². The van der Waals surface area contributed by atoms with E-state index < -0.39 is 0 Å². The smallest absolute Gasteiger partial charge is 0.138 e. The average Bonchev–Trinajstić information content (AvgIpc) is 2.68. The zero-order chi connectivity index (χ0) is 12.3. The van der Waals surface area contributed by atoms with Crippen LogP contribution < -0.4 is 0 Å². The van der Waals surface area contributed by atoms with E-state index in [1.165, 1.54) is 6.42 Å². The zero-order valence-corrected chi connectivity index (χ0v) is 10.8. The molecule has 1 heterocycles. The summed E-state index contributed by atoms with van der Waals surface area (Å²) in [4.78, 5) is 4.34. The van der Waals surface area contributed by atoms with Crippen molar-refractivity contribution in [3.63, 3.8) is 0 Å². The second-order valence-corrected chi connectivity index (χ2v) is 5.57. The molecular formula is C13H23N3O. The topological polar surface area (TPSA) is 50.9 Å². The fourth-order valence-corrected chi connectivity index (χ4v) is 2.61. The summed E-state index contributed by atoms with van der Waals surface area (Å²) in [5.41, 5.74) is 0. The Morgan fingerprint density at radius 2 is 2.18 bits per heavy atom. The highest BCUT2D eigenvalue weighted by Crippen LogP contribution is 2.26. The third-order valence-electron chi connectivity index (χ3n) is 3.55. The van der Waals surface area contributed by atoms with Crippen molar-refractivity contribution in [1.29, 1.82) is 0 Å². The maximum absolute atomic E-state index is 9.98. The Morgan fingerprint density at radius 3 is 2.88 bits per heavy atom. The third-order valence-corrected chi connectivity index (χ3v) is 3.55. The van der Waals surface area contributed by atoms with Crippen LogP contribution in [0.25, 0.3) is 0 Å². The Bertz CT molecular complexity index is 348. The summed E-state index contributed by atoms with van der Waals surface area (Å²) < 4.78 is 1.99. The van der Waals surface area contributed by atoms with Gasteiger partial charge in [0.15, 0.2) is 0 Å². The monoisotopic (exact) mass is 237 g/mol. The van der Waals surface area contributed by atoms with Crippen LogP contribution in [-0.4, -0.2) is 26.0 Å². The van der Waals surface area contributed by atoms with E-state index in [1.807, 2.05) is 4.68 Å². The van der Waals surface area contributed by atoms with Crippen LogP contribution in [0.1, 0.15) is 45.4 Å². The highest BCUT2D eigenvalue weighted by molar-refractivity contribution is 4.90. The Labute approximate surface area is 103 Å². The number of aromatic nitrogens is 3. The van der Waals surface area contributed by atoms with Gasteiger partial charge in [-0.3, -0.25) is 0 Å². The van der Waals surface area contributed by atoms with Crippen molar-refractivity contribution in [2.45, 2.75) is 58.6 Å². The molecule has 0 bridgehead atoms. The SMILES string of the molecule is CC(C)Cn1ncnc1CC1CCCCC1O. The molecule has 0 radical (unpaired) electrons. The van der Waals surface area contributed by atoms with Crippen molar-refractivity contribution < 1.29 is 5.11 Å². The summed E-state index contributed by atoms with van der Waals surface area (Å²) in [6.07, 6.45) is 6.82. The van der Waals surface area contributed by atoms with Gasteiger partial charge in [-0.05, 0) is 24.7 Å². The van der Waals surface area contributed by atoms with Crippen LogP contribution >= 0.6 is 0 Å². The molecule has 0 aliphatic heterocycles. The second-order valence-electron chi connectivity index (χ2n) is 5.57. The van der Waals surface area contributed by atoms with Crippen LogP contribution in [0.15, 0.2) is 6.33 Å². The zero-order valence-electron chi connectivity index (χ0n) is 10.8. The van der Waals surface area contributed by atoms with E-state index in [4.69, 9.17) is 0 Å². The molecule has 96 valence electrons. The Hall–Kier alpha value is -0.900. The highest BCUT2D eigenvalue weighted by Gasteiger charge is 2.24. The lowest BCUT2D eigenvalue weighted by atomic mass is 9.84. The van der Waals surface area contributed by atoms with Crippen LogP contribution in [0.5, 0.6) is 0 Å². The molecule has 1 aliphatic rings. The van der Waals surface area contributed by atoms with Gasteiger partial charge >= 0.3 is 0 Å². The van der Waals surface area contributed by atoms with E-state index in [9.17, 15) is 5.11 Å². The maximum Gasteiger partial charge on any atom is 0.138 e. The quantitative estimate of drug-likeness (QED) is 0.871. The first-order chi connectivity index (χ1) is 8.16.